The van der Waals surface area contributed by atoms with Crippen LogP contribution in [0.15, 0.2) is 64.2 Å². The SMILES string of the molecule is Clc1ccc(C[NH+]2CCN(/N=C\C(Br)=C/c3ccccc3)CC2)cc1. The summed E-state index contributed by atoms with van der Waals surface area (Å²) >= 11 is 9.52. The van der Waals surface area contributed by atoms with Crippen molar-refractivity contribution in [3.8, 4) is 0 Å². The first kappa shape index (κ1) is 18.2. The van der Waals surface area contributed by atoms with Crippen molar-refractivity contribution in [3.63, 3.8) is 0 Å². The Kier molecular flexibility index (Phi) is 6.68. The van der Waals surface area contributed by atoms with Crippen molar-refractivity contribution in [2.45, 2.75) is 6.54 Å². The molecule has 0 atom stereocenters. The molecule has 0 unspecified atom stereocenters. The van der Waals surface area contributed by atoms with Gasteiger partial charge in [0.25, 0.3) is 0 Å². The summed E-state index contributed by atoms with van der Waals surface area (Å²) in [6.07, 6.45) is 3.96. The van der Waals surface area contributed by atoms with Gasteiger partial charge in [-0.15, -0.1) is 0 Å². The molecule has 3 nitrogen and oxygen atoms in total. The lowest BCUT2D eigenvalue weighted by molar-refractivity contribution is -0.918. The summed E-state index contributed by atoms with van der Waals surface area (Å²) in [6.45, 7) is 5.20. The van der Waals surface area contributed by atoms with Gasteiger partial charge in [0.1, 0.15) is 6.54 Å². The van der Waals surface area contributed by atoms with E-state index in [0.29, 0.717) is 0 Å². The van der Waals surface area contributed by atoms with Crippen LogP contribution in [-0.4, -0.2) is 37.4 Å². The maximum atomic E-state index is 5.95. The largest absolute Gasteiger partial charge is 0.328 e. The highest BCUT2D eigenvalue weighted by atomic mass is 79.9. The highest BCUT2D eigenvalue weighted by Gasteiger charge is 2.18. The molecule has 0 aromatic heterocycles. The van der Waals surface area contributed by atoms with Crippen LogP contribution in [0, 0.1) is 0 Å². The first-order valence-corrected chi connectivity index (χ1v) is 9.65. The fraction of sp³-hybridized carbons (Fsp3) is 0.250. The van der Waals surface area contributed by atoms with E-state index in [9.17, 15) is 0 Å². The van der Waals surface area contributed by atoms with E-state index < -0.39 is 0 Å². The Labute approximate surface area is 162 Å². The number of hydrogen-bond acceptors (Lipinski definition) is 2. The van der Waals surface area contributed by atoms with Gasteiger partial charge in [-0.1, -0.05) is 54.1 Å². The van der Waals surface area contributed by atoms with Gasteiger partial charge in [0, 0.05) is 15.1 Å². The lowest BCUT2D eigenvalue weighted by atomic mass is 10.2. The molecule has 25 heavy (non-hydrogen) atoms. The van der Waals surface area contributed by atoms with E-state index in [1.165, 1.54) is 5.56 Å². The molecule has 1 aliphatic rings. The van der Waals surface area contributed by atoms with Gasteiger partial charge in [0.05, 0.1) is 32.4 Å². The summed E-state index contributed by atoms with van der Waals surface area (Å²) in [5, 5.41) is 7.54. The minimum Gasteiger partial charge on any atom is -0.328 e. The lowest BCUT2D eigenvalue weighted by Crippen LogP contribution is -3.13. The van der Waals surface area contributed by atoms with Crippen LogP contribution in [0.1, 0.15) is 11.1 Å². The molecule has 5 heteroatoms. The zero-order valence-electron chi connectivity index (χ0n) is 14.0. The molecule has 0 radical (unpaired) electrons. The van der Waals surface area contributed by atoms with Crippen LogP contribution in [0.3, 0.4) is 0 Å². The fourth-order valence-electron chi connectivity index (χ4n) is 2.88. The molecular weight excluding hydrogens is 398 g/mol. The van der Waals surface area contributed by atoms with Gasteiger partial charge in [-0.25, -0.2) is 0 Å². The summed E-state index contributed by atoms with van der Waals surface area (Å²) in [7, 11) is 0. The van der Waals surface area contributed by atoms with E-state index in [1.54, 1.807) is 4.90 Å². The monoisotopic (exact) mass is 418 g/mol. The van der Waals surface area contributed by atoms with E-state index in [-0.39, 0.29) is 0 Å². The maximum Gasteiger partial charge on any atom is 0.103 e. The van der Waals surface area contributed by atoms with Crippen LogP contribution in [0.2, 0.25) is 5.02 Å². The number of benzene rings is 2. The van der Waals surface area contributed by atoms with Crippen LogP contribution in [0.5, 0.6) is 0 Å². The van der Waals surface area contributed by atoms with Crippen molar-refractivity contribution < 1.29 is 4.90 Å². The van der Waals surface area contributed by atoms with Crippen LogP contribution >= 0.6 is 27.5 Å². The molecule has 1 heterocycles. The van der Waals surface area contributed by atoms with Crippen molar-refractivity contribution >= 4 is 39.8 Å². The van der Waals surface area contributed by atoms with E-state index in [2.05, 4.69) is 56.4 Å². The number of halogens is 2. The molecule has 0 saturated carbocycles. The average molecular weight is 420 g/mol. The Morgan fingerprint density at radius 3 is 2.44 bits per heavy atom. The standard InChI is InChI=1S/C20H21BrClN3/c21-19(14-17-4-2-1-3-5-17)15-23-25-12-10-24(11-13-25)16-18-6-8-20(22)9-7-18/h1-9,14-15H,10-13,16H2/p+1/b19-14+,23-15-. The third-order valence-electron chi connectivity index (χ3n) is 4.26. The summed E-state index contributed by atoms with van der Waals surface area (Å²) in [5.41, 5.74) is 2.50. The lowest BCUT2D eigenvalue weighted by Gasteiger charge is -2.30. The molecule has 2 aromatic carbocycles. The van der Waals surface area contributed by atoms with Crippen LogP contribution < -0.4 is 4.90 Å². The summed E-state index contributed by atoms with van der Waals surface area (Å²) in [6, 6.07) is 18.4. The number of nitrogens with zero attached hydrogens (tertiary/aromatic N) is 2. The second-order valence-electron chi connectivity index (χ2n) is 6.19. The Balaban J connectivity index is 1.47. The van der Waals surface area contributed by atoms with Crippen LogP contribution in [0.4, 0.5) is 0 Å². The Morgan fingerprint density at radius 1 is 1.08 bits per heavy atom. The summed E-state index contributed by atoms with van der Waals surface area (Å²) in [4.78, 5) is 1.59. The van der Waals surface area contributed by atoms with Gasteiger partial charge in [-0.05, 0) is 39.7 Å². The van der Waals surface area contributed by atoms with Gasteiger partial charge < -0.3 is 4.90 Å². The summed E-state index contributed by atoms with van der Waals surface area (Å²) in [5.74, 6) is 0. The smallest absolute Gasteiger partial charge is 0.103 e. The van der Waals surface area contributed by atoms with Gasteiger partial charge >= 0.3 is 0 Å². The van der Waals surface area contributed by atoms with Crippen molar-refractivity contribution in [1.82, 2.24) is 5.01 Å². The molecule has 0 spiro atoms. The number of allylic oxidation sites excluding steroid dienone is 1. The molecule has 0 bridgehead atoms. The normalized spacial score (nSPS) is 16.6. The molecular formula is C20H22BrClN3+. The molecule has 2 aromatic rings. The minimum atomic E-state index is 0.798. The fourth-order valence-corrected chi connectivity index (χ4v) is 3.36. The molecule has 1 fully saturated rings. The predicted molar refractivity (Wildman–Crippen MR) is 109 cm³/mol. The third-order valence-corrected chi connectivity index (χ3v) is 4.95. The third kappa shape index (κ3) is 5.99. The number of quaternary nitrogens is 1. The quantitative estimate of drug-likeness (QED) is 0.736. The van der Waals surface area contributed by atoms with Gasteiger partial charge in [-0.3, -0.25) is 5.01 Å². The van der Waals surface area contributed by atoms with Gasteiger partial charge in [0.2, 0.25) is 0 Å². The van der Waals surface area contributed by atoms with Crippen LogP contribution in [0.25, 0.3) is 6.08 Å². The highest BCUT2D eigenvalue weighted by Crippen LogP contribution is 2.11. The highest BCUT2D eigenvalue weighted by molar-refractivity contribution is 9.12. The topological polar surface area (TPSA) is 20.0 Å². The molecule has 1 aliphatic heterocycles. The van der Waals surface area contributed by atoms with Crippen molar-refractivity contribution in [1.29, 1.82) is 0 Å². The zero-order valence-corrected chi connectivity index (χ0v) is 16.4. The minimum absolute atomic E-state index is 0.798. The van der Waals surface area contributed by atoms with Crippen molar-refractivity contribution in [2.75, 3.05) is 26.2 Å². The van der Waals surface area contributed by atoms with Gasteiger partial charge in [0.15, 0.2) is 0 Å². The number of piperazine rings is 1. The number of nitrogens with one attached hydrogen (secondary N) is 1. The Bertz CT molecular complexity index is 720. The van der Waals surface area contributed by atoms with Crippen molar-refractivity contribution in [2.24, 2.45) is 5.10 Å². The molecule has 3 rings (SSSR count). The van der Waals surface area contributed by atoms with E-state index >= 15 is 0 Å². The maximum absolute atomic E-state index is 5.95. The first-order chi connectivity index (χ1) is 12.2. The van der Waals surface area contributed by atoms with E-state index in [1.807, 2.05) is 36.5 Å². The average Bonchev–Trinajstić information content (AvgIpc) is 2.64. The Hall–Kier alpha value is -1.62. The predicted octanol–water partition coefficient (Wildman–Crippen LogP) is 3.46. The number of rotatable bonds is 5. The molecule has 1 N–H and O–H groups in total. The molecule has 130 valence electrons. The Morgan fingerprint density at radius 2 is 1.76 bits per heavy atom. The molecule has 1 saturated heterocycles. The van der Waals surface area contributed by atoms with Crippen LogP contribution in [-0.2, 0) is 6.54 Å². The zero-order chi connectivity index (χ0) is 17.5. The van der Waals surface area contributed by atoms with Crippen molar-refractivity contribution in [3.05, 3.63) is 75.2 Å². The second kappa shape index (κ2) is 9.18. The van der Waals surface area contributed by atoms with E-state index in [4.69, 9.17) is 11.6 Å². The first-order valence-electron chi connectivity index (χ1n) is 8.48. The summed E-state index contributed by atoms with van der Waals surface area (Å²) < 4.78 is 0.981. The molecule has 0 aliphatic carbocycles. The number of hydrazone groups is 1. The molecule has 0 amide bonds. The number of hydrogen-bond donors (Lipinski definition) is 1. The van der Waals surface area contributed by atoms with E-state index in [0.717, 1.165) is 47.8 Å². The van der Waals surface area contributed by atoms with Gasteiger partial charge in [-0.2, -0.15) is 5.10 Å². The second-order valence-corrected chi connectivity index (χ2v) is 7.54.